The van der Waals surface area contributed by atoms with Crippen LogP contribution in [-0.2, 0) is 9.53 Å². The minimum atomic E-state index is -0.536. The van der Waals surface area contributed by atoms with Gasteiger partial charge in [0.25, 0.3) is 0 Å². The molecule has 1 heterocycles. The summed E-state index contributed by atoms with van der Waals surface area (Å²) in [5.41, 5.74) is 0.844. The fourth-order valence-corrected chi connectivity index (χ4v) is 2.53. The molecule has 2 aromatic rings. The molecule has 6 heteroatoms. The number of hydrogen-bond acceptors (Lipinski definition) is 5. The van der Waals surface area contributed by atoms with Crippen molar-refractivity contribution in [1.82, 2.24) is 0 Å². The topological polar surface area (TPSA) is 82.6 Å². The predicted octanol–water partition coefficient (Wildman–Crippen LogP) is 2.99. The Morgan fingerprint density at radius 1 is 1.23 bits per heavy atom. The third-order valence-corrected chi connectivity index (χ3v) is 3.58. The van der Waals surface area contributed by atoms with E-state index in [2.05, 4.69) is 0 Å². The van der Waals surface area contributed by atoms with Gasteiger partial charge in [0.1, 0.15) is 5.76 Å². The summed E-state index contributed by atoms with van der Waals surface area (Å²) in [6.07, 6.45) is 1.53. The molecule has 0 saturated carbocycles. The first-order valence-electron chi connectivity index (χ1n) is 6.88. The molecular formula is C16H17NO5. The number of furan rings is 1. The average molecular weight is 303 g/mol. The highest BCUT2D eigenvalue weighted by Crippen LogP contribution is 2.36. The lowest BCUT2D eigenvalue weighted by Gasteiger charge is -2.22. The summed E-state index contributed by atoms with van der Waals surface area (Å²) in [6, 6.07) is 12.6. The monoisotopic (exact) mass is 303 g/mol. The van der Waals surface area contributed by atoms with Crippen molar-refractivity contribution in [2.24, 2.45) is 0 Å². The third kappa shape index (κ3) is 3.94. The lowest BCUT2D eigenvalue weighted by atomic mass is 9.82. The SMILES string of the molecule is COC(=O)C[C@@H](c1ccccc1)[C@H](C[N+](=O)[O-])c1ccco1. The molecule has 22 heavy (non-hydrogen) atoms. The van der Waals surface area contributed by atoms with Gasteiger partial charge in [0, 0.05) is 10.8 Å². The van der Waals surface area contributed by atoms with Crippen molar-refractivity contribution in [1.29, 1.82) is 0 Å². The lowest BCUT2D eigenvalue weighted by molar-refractivity contribution is -0.484. The van der Waals surface area contributed by atoms with Crippen LogP contribution in [0.25, 0.3) is 0 Å². The van der Waals surface area contributed by atoms with Gasteiger partial charge in [-0.05, 0) is 17.7 Å². The summed E-state index contributed by atoms with van der Waals surface area (Å²) in [5, 5.41) is 11.0. The van der Waals surface area contributed by atoms with E-state index in [9.17, 15) is 14.9 Å². The number of benzene rings is 1. The molecule has 1 aromatic heterocycles. The molecule has 0 spiro atoms. The van der Waals surface area contributed by atoms with Crippen molar-refractivity contribution in [3.8, 4) is 0 Å². The molecule has 0 fully saturated rings. The van der Waals surface area contributed by atoms with Gasteiger partial charge in [0.2, 0.25) is 6.54 Å². The highest BCUT2D eigenvalue weighted by molar-refractivity contribution is 5.70. The van der Waals surface area contributed by atoms with E-state index >= 15 is 0 Å². The van der Waals surface area contributed by atoms with Crippen LogP contribution in [0.15, 0.2) is 53.1 Å². The van der Waals surface area contributed by atoms with E-state index < -0.39 is 11.9 Å². The molecule has 116 valence electrons. The molecule has 6 nitrogen and oxygen atoms in total. The van der Waals surface area contributed by atoms with E-state index in [1.165, 1.54) is 13.4 Å². The number of ether oxygens (including phenoxy) is 1. The fourth-order valence-electron chi connectivity index (χ4n) is 2.53. The number of nitro groups is 1. The zero-order valence-electron chi connectivity index (χ0n) is 12.2. The van der Waals surface area contributed by atoms with Crippen molar-refractivity contribution in [2.45, 2.75) is 18.3 Å². The van der Waals surface area contributed by atoms with Gasteiger partial charge in [0.05, 0.1) is 25.7 Å². The third-order valence-electron chi connectivity index (χ3n) is 3.58. The highest BCUT2D eigenvalue weighted by atomic mass is 16.6. The molecule has 0 aliphatic heterocycles. The number of esters is 1. The molecule has 2 atom stereocenters. The van der Waals surface area contributed by atoms with E-state index in [4.69, 9.17) is 9.15 Å². The quantitative estimate of drug-likeness (QED) is 0.446. The van der Waals surface area contributed by atoms with Crippen LogP contribution in [-0.4, -0.2) is 24.5 Å². The molecule has 0 aliphatic carbocycles. The van der Waals surface area contributed by atoms with Gasteiger partial charge >= 0.3 is 5.97 Å². The summed E-state index contributed by atoms with van der Waals surface area (Å²) in [4.78, 5) is 22.4. The smallest absolute Gasteiger partial charge is 0.306 e. The maximum atomic E-state index is 11.7. The van der Waals surface area contributed by atoms with Gasteiger partial charge in [-0.2, -0.15) is 0 Å². The van der Waals surface area contributed by atoms with Gasteiger partial charge < -0.3 is 9.15 Å². The maximum absolute atomic E-state index is 11.7. The average Bonchev–Trinajstić information content (AvgIpc) is 3.05. The first kappa shape index (κ1) is 15.8. The second-order valence-electron chi connectivity index (χ2n) is 4.93. The minimum absolute atomic E-state index is 0.0553. The van der Waals surface area contributed by atoms with Crippen molar-refractivity contribution < 1.29 is 18.9 Å². The van der Waals surface area contributed by atoms with Crippen LogP contribution >= 0.6 is 0 Å². The Hall–Kier alpha value is -2.63. The molecule has 2 rings (SSSR count). The lowest BCUT2D eigenvalue weighted by Crippen LogP contribution is -2.22. The second-order valence-corrected chi connectivity index (χ2v) is 4.93. The van der Waals surface area contributed by atoms with Crippen molar-refractivity contribution in [3.63, 3.8) is 0 Å². The molecule has 0 radical (unpaired) electrons. The highest BCUT2D eigenvalue weighted by Gasteiger charge is 2.33. The standard InChI is InChI=1S/C16H17NO5/c1-21-16(18)10-13(12-6-3-2-4-7-12)14(11-17(19)20)15-8-5-9-22-15/h2-9,13-14H,10-11H2,1H3/t13-,14-/m0/s1. The zero-order chi connectivity index (χ0) is 15.9. The Kier molecular flexibility index (Phi) is 5.30. The van der Waals surface area contributed by atoms with Crippen LogP contribution in [0.3, 0.4) is 0 Å². The van der Waals surface area contributed by atoms with E-state index in [1.807, 2.05) is 30.3 Å². The molecule has 0 saturated heterocycles. The van der Waals surface area contributed by atoms with Crippen molar-refractivity contribution in [3.05, 3.63) is 70.2 Å². The van der Waals surface area contributed by atoms with Crippen LogP contribution in [0.2, 0.25) is 0 Å². The van der Waals surface area contributed by atoms with Crippen LogP contribution in [0.5, 0.6) is 0 Å². The van der Waals surface area contributed by atoms with Gasteiger partial charge in [-0.1, -0.05) is 30.3 Å². The van der Waals surface area contributed by atoms with Crippen LogP contribution in [0, 0.1) is 10.1 Å². The Morgan fingerprint density at radius 3 is 2.50 bits per heavy atom. The van der Waals surface area contributed by atoms with Crippen LogP contribution in [0.4, 0.5) is 0 Å². The van der Waals surface area contributed by atoms with Crippen molar-refractivity contribution >= 4 is 5.97 Å². The predicted molar refractivity (Wildman–Crippen MR) is 79.1 cm³/mol. The number of rotatable bonds is 7. The molecule has 1 aromatic carbocycles. The summed E-state index contributed by atoms with van der Waals surface area (Å²) in [7, 11) is 1.31. The molecule has 0 amide bonds. The second kappa shape index (κ2) is 7.40. The van der Waals surface area contributed by atoms with E-state index in [1.54, 1.807) is 12.1 Å². The first-order valence-corrected chi connectivity index (χ1v) is 6.88. The molecular weight excluding hydrogens is 286 g/mol. The normalized spacial score (nSPS) is 13.3. The zero-order valence-corrected chi connectivity index (χ0v) is 12.2. The first-order chi connectivity index (χ1) is 10.6. The Bertz CT molecular complexity index is 609. The van der Waals surface area contributed by atoms with E-state index in [-0.39, 0.29) is 23.8 Å². The van der Waals surface area contributed by atoms with Crippen LogP contribution in [0.1, 0.15) is 29.6 Å². The largest absolute Gasteiger partial charge is 0.469 e. The summed E-state index contributed by atoms with van der Waals surface area (Å²) < 4.78 is 10.1. The number of nitrogens with zero attached hydrogens (tertiary/aromatic N) is 1. The minimum Gasteiger partial charge on any atom is -0.469 e. The summed E-state index contributed by atoms with van der Waals surface area (Å²) in [6.45, 7) is -0.315. The Balaban J connectivity index is 2.38. The number of carbonyl (C=O) groups excluding carboxylic acids is 1. The number of hydrogen-bond donors (Lipinski definition) is 0. The fraction of sp³-hybridized carbons (Fsp3) is 0.312. The Labute approximate surface area is 127 Å². The van der Waals surface area contributed by atoms with Gasteiger partial charge in [-0.25, -0.2) is 0 Å². The Morgan fingerprint density at radius 2 is 1.95 bits per heavy atom. The van der Waals surface area contributed by atoms with Gasteiger partial charge in [-0.15, -0.1) is 0 Å². The molecule has 0 unspecified atom stereocenters. The summed E-state index contributed by atoms with van der Waals surface area (Å²) in [5.74, 6) is -0.833. The van der Waals surface area contributed by atoms with Crippen molar-refractivity contribution in [2.75, 3.05) is 13.7 Å². The summed E-state index contributed by atoms with van der Waals surface area (Å²) >= 11 is 0. The van der Waals surface area contributed by atoms with Gasteiger partial charge in [0.15, 0.2) is 0 Å². The maximum Gasteiger partial charge on any atom is 0.306 e. The molecule has 0 bridgehead atoms. The van der Waals surface area contributed by atoms with Crippen LogP contribution < -0.4 is 0 Å². The van der Waals surface area contributed by atoms with E-state index in [0.29, 0.717) is 5.76 Å². The van der Waals surface area contributed by atoms with E-state index in [0.717, 1.165) is 5.56 Å². The molecule has 0 N–H and O–H groups in total. The van der Waals surface area contributed by atoms with Gasteiger partial charge in [-0.3, -0.25) is 14.9 Å². The number of carbonyl (C=O) groups is 1. The molecule has 0 aliphatic rings. The number of methoxy groups -OCH3 is 1.